The van der Waals surface area contributed by atoms with Crippen molar-refractivity contribution >= 4 is 0 Å². The maximum atomic E-state index is 12.7. The summed E-state index contributed by atoms with van der Waals surface area (Å²) in [5, 5.41) is 3.31. The van der Waals surface area contributed by atoms with Crippen molar-refractivity contribution in [3.63, 3.8) is 0 Å². The molecule has 1 aromatic heterocycles. The first-order valence-corrected chi connectivity index (χ1v) is 5.70. The molecule has 3 heteroatoms. The van der Waals surface area contributed by atoms with Gasteiger partial charge in [0.25, 0.3) is 0 Å². The van der Waals surface area contributed by atoms with Crippen molar-refractivity contribution < 1.29 is 4.39 Å². The number of halogens is 1. The van der Waals surface area contributed by atoms with Gasteiger partial charge in [-0.05, 0) is 42.8 Å². The summed E-state index contributed by atoms with van der Waals surface area (Å²) in [5.74, 6) is -0.185. The van der Waals surface area contributed by atoms with E-state index in [4.69, 9.17) is 0 Å². The second-order valence-electron chi connectivity index (χ2n) is 3.87. The summed E-state index contributed by atoms with van der Waals surface area (Å²) in [7, 11) is 0. The van der Waals surface area contributed by atoms with Gasteiger partial charge in [0.05, 0.1) is 5.69 Å². The van der Waals surface area contributed by atoms with Crippen LogP contribution in [0.4, 0.5) is 4.39 Å². The molecule has 0 spiro atoms. The van der Waals surface area contributed by atoms with Crippen LogP contribution in [0.5, 0.6) is 0 Å². The van der Waals surface area contributed by atoms with Crippen molar-refractivity contribution in [3.05, 3.63) is 65.7 Å². The van der Waals surface area contributed by atoms with Gasteiger partial charge in [-0.25, -0.2) is 4.39 Å². The van der Waals surface area contributed by atoms with Crippen LogP contribution < -0.4 is 5.32 Å². The molecular weight excluding hydrogens is 215 g/mol. The van der Waals surface area contributed by atoms with Crippen LogP contribution in [-0.2, 0) is 13.0 Å². The van der Waals surface area contributed by atoms with E-state index in [1.165, 1.54) is 12.1 Å². The number of rotatable bonds is 5. The summed E-state index contributed by atoms with van der Waals surface area (Å²) < 4.78 is 12.7. The molecule has 0 unspecified atom stereocenters. The zero-order valence-corrected chi connectivity index (χ0v) is 9.57. The monoisotopic (exact) mass is 230 g/mol. The summed E-state index contributed by atoms with van der Waals surface area (Å²) in [6.45, 7) is 1.63. The molecule has 0 fully saturated rings. The number of hydrogen-bond donors (Lipinski definition) is 1. The highest BCUT2D eigenvalue weighted by Gasteiger charge is 1.95. The fourth-order valence-electron chi connectivity index (χ4n) is 1.60. The number of nitrogens with zero attached hydrogens (tertiary/aromatic N) is 1. The minimum absolute atomic E-state index is 0.185. The van der Waals surface area contributed by atoms with Crippen molar-refractivity contribution in [1.82, 2.24) is 10.3 Å². The third-order valence-electron chi connectivity index (χ3n) is 2.54. The van der Waals surface area contributed by atoms with Crippen LogP contribution in [0.15, 0.2) is 48.7 Å². The Balaban J connectivity index is 1.71. The first-order valence-electron chi connectivity index (χ1n) is 5.70. The van der Waals surface area contributed by atoms with Gasteiger partial charge in [-0.15, -0.1) is 0 Å². The normalized spacial score (nSPS) is 10.4. The Bertz CT molecular complexity index is 440. The molecule has 1 heterocycles. The van der Waals surface area contributed by atoms with E-state index < -0.39 is 0 Å². The van der Waals surface area contributed by atoms with Crippen LogP contribution in [-0.4, -0.2) is 11.5 Å². The minimum Gasteiger partial charge on any atom is -0.311 e. The number of nitrogens with one attached hydrogen (secondary N) is 1. The minimum atomic E-state index is -0.185. The third-order valence-corrected chi connectivity index (χ3v) is 2.54. The smallest absolute Gasteiger partial charge is 0.123 e. The highest BCUT2D eigenvalue weighted by atomic mass is 19.1. The second-order valence-corrected chi connectivity index (χ2v) is 3.87. The molecule has 0 aliphatic rings. The van der Waals surface area contributed by atoms with Crippen LogP contribution in [0.2, 0.25) is 0 Å². The van der Waals surface area contributed by atoms with E-state index in [9.17, 15) is 4.39 Å². The third kappa shape index (κ3) is 3.96. The lowest BCUT2D eigenvalue weighted by Gasteiger charge is -2.04. The molecule has 2 aromatic rings. The van der Waals surface area contributed by atoms with Crippen LogP contribution in [0, 0.1) is 5.82 Å². The summed E-state index contributed by atoms with van der Waals surface area (Å²) in [6.07, 6.45) is 2.68. The summed E-state index contributed by atoms with van der Waals surface area (Å²) in [4.78, 5) is 4.22. The first kappa shape index (κ1) is 11.7. The van der Waals surface area contributed by atoms with Gasteiger partial charge in [-0.1, -0.05) is 18.2 Å². The predicted octanol–water partition coefficient (Wildman–Crippen LogP) is 2.55. The molecular formula is C14H15FN2. The highest BCUT2D eigenvalue weighted by Crippen LogP contribution is 2.02. The molecule has 2 nitrogen and oxygen atoms in total. The maximum absolute atomic E-state index is 12.7. The Morgan fingerprint density at radius 1 is 1.06 bits per heavy atom. The molecule has 1 aromatic carbocycles. The largest absolute Gasteiger partial charge is 0.311 e. The fraction of sp³-hybridized carbons (Fsp3) is 0.214. The van der Waals surface area contributed by atoms with Crippen LogP contribution in [0.1, 0.15) is 11.3 Å². The molecule has 0 saturated carbocycles. The lowest BCUT2D eigenvalue weighted by molar-refractivity contribution is 0.625. The first-order chi connectivity index (χ1) is 8.34. The zero-order chi connectivity index (χ0) is 11.9. The summed E-state index contributed by atoms with van der Waals surface area (Å²) in [6, 6.07) is 12.5. The molecule has 0 atom stereocenters. The topological polar surface area (TPSA) is 24.9 Å². The average Bonchev–Trinajstić information content (AvgIpc) is 2.38. The van der Waals surface area contributed by atoms with Gasteiger partial charge >= 0.3 is 0 Å². The zero-order valence-electron chi connectivity index (χ0n) is 9.57. The van der Waals surface area contributed by atoms with E-state index in [2.05, 4.69) is 10.3 Å². The lowest BCUT2D eigenvalue weighted by Crippen LogP contribution is -2.17. The van der Waals surface area contributed by atoms with Crippen LogP contribution in [0.25, 0.3) is 0 Å². The Morgan fingerprint density at radius 3 is 2.59 bits per heavy atom. The molecule has 0 radical (unpaired) electrons. The molecule has 0 amide bonds. The molecule has 2 rings (SSSR count). The Labute approximate surface area is 101 Å². The van der Waals surface area contributed by atoms with Crippen molar-refractivity contribution in [2.75, 3.05) is 6.54 Å². The summed E-state index contributed by atoms with van der Waals surface area (Å²) in [5.41, 5.74) is 2.17. The van der Waals surface area contributed by atoms with Gasteiger partial charge in [-0.3, -0.25) is 4.98 Å². The number of hydrogen-bond acceptors (Lipinski definition) is 2. The Hall–Kier alpha value is -1.74. The molecule has 0 aliphatic carbocycles. The number of pyridine rings is 1. The van der Waals surface area contributed by atoms with Gasteiger partial charge in [-0.2, -0.15) is 0 Å². The van der Waals surface area contributed by atoms with Gasteiger partial charge in [0.15, 0.2) is 0 Å². The van der Waals surface area contributed by atoms with Crippen molar-refractivity contribution in [2.24, 2.45) is 0 Å². The molecule has 0 aliphatic heterocycles. The van der Waals surface area contributed by atoms with Crippen molar-refractivity contribution in [3.8, 4) is 0 Å². The molecule has 17 heavy (non-hydrogen) atoms. The molecule has 0 saturated heterocycles. The molecule has 88 valence electrons. The van der Waals surface area contributed by atoms with E-state index >= 15 is 0 Å². The van der Waals surface area contributed by atoms with E-state index in [0.717, 1.165) is 30.8 Å². The van der Waals surface area contributed by atoms with Crippen LogP contribution >= 0.6 is 0 Å². The van der Waals surface area contributed by atoms with E-state index in [1.807, 2.05) is 30.3 Å². The maximum Gasteiger partial charge on any atom is 0.123 e. The van der Waals surface area contributed by atoms with Crippen molar-refractivity contribution in [2.45, 2.75) is 13.0 Å². The quantitative estimate of drug-likeness (QED) is 0.798. The summed E-state index contributed by atoms with van der Waals surface area (Å²) >= 11 is 0. The SMILES string of the molecule is Fc1ccc(CCNCc2ccccn2)cc1. The number of benzene rings is 1. The second kappa shape index (κ2) is 6.11. The highest BCUT2D eigenvalue weighted by molar-refractivity contribution is 5.16. The van der Waals surface area contributed by atoms with Gasteiger partial charge in [0, 0.05) is 12.7 Å². The predicted molar refractivity (Wildman–Crippen MR) is 66.0 cm³/mol. The van der Waals surface area contributed by atoms with Crippen LogP contribution in [0.3, 0.4) is 0 Å². The van der Waals surface area contributed by atoms with Gasteiger partial charge < -0.3 is 5.32 Å². The average molecular weight is 230 g/mol. The molecule has 1 N–H and O–H groups in total. The van der Waals surface area contributed by atoms with E-state index in [0.29, 0.717) is 0 Å². The molecule has 0 bridgehead atoms. The van der Waals surface area contributed by atoms with Crippen molar-refractivity contribution in [1.29, 1.82) is 0 Å². The van der Waals surface area contributed by atoms with Gasteiger partial charge in [0.1, 0.15) is 5.82 Å². The standard InChI is InChI=1S/C14H15FN2/c15-13-6-4-12(5-7-13)8-10-16-11-14-3-1-2-9-17-14/h1-7,9,16H,8,10-11H2. The van der Waals surface area contributed by atoms with E-state index in [-0.39, 0.29) is 5.82 Å². The van der Waals surface area contributed by atoms with E-state index in [1.54, 1.807) is 6.20 Å². The number of aromatic nitrogens is 1. The van der Waals surface area contributed by atoms with Gasteiger partial charge in [0.2, 0.25) is 0 Å². The fourth-order valence-corrected chi connectivity index (χ4v) is 1.60. The Morgan fingerprint density at radius 2 is 1.88 bits per heavy atom. The Kier molecular flexibility index (Phi) is 4.22. The lowest BCUT2D eigenvalue weighted by atomic mass is 10.1.